The monoisotopic (exact) mass is 209 g/mol. The highest BCUT2D eigenvalue weighted by molar-refractivity contribution is 5.91. The normalized spacial score (nSPS) is 9.93. The number of hydrogen-bond acceptors (Lipinski definition) is 4. The lowest BCUT2D eigenvalue weighted by Crippen LogP contribution is -2.13. The first-order valence-corrected chi connectivity index (χ1v) is 4.84. The van der Waals surface area contributed by atoms with Gasteiger partial charge in [-0.15, -0.1) is 0 Å². The van der Waals surface area contributed by atoms with Gasteiger partial charge in [-0.2, -0.15) is 0 Å². The van der Waals surface area contributed by atoms with Gasteiger partial charge in [0.05, 0.1) is 0 Å². The number of aromatic nitrogens is 1. The number of rotatable bonds is 6. The van der Waals surface area contributed by atoms with Crippen LogP contribution < -0.4 is 11.1 Å². The van der Waals surface area contributed by atoms with Crippen molar-refractivity contribution >= 4 is 11.6 Å². The third kappa shape index (κ3) is 3.95. The van der Waals surface area contributed by atoms with Crippen molar-refractivity contribution in [2.75, 3.05) is 18.5 Å². The summed E-state index contributed by atoms with van der Waals surface area (Å²) in [5.74, 6) is -0.533. The molecule has 0 aliphatic rings. The second-order valence-electron chi connectivity index (χ2n) is 3.15. The van der Waals surface area contributed by atoms with Gasteiger partial charge in [-0.1, -0.05) is 0 Å². The molecule has 82 valence electrons. The Bertz CT molecular complexity index is 328. The number of nitrogens with zero attached hydrogens (tertiary/aromatic N) is 1. The average molecular weight is 209 g/mol. The highest BCUT2D eigenvalue weighted by Gasteiger charge is 2.01. The number of carbonyl (C=O) groups is 1. The molecule has 1 heterocycles. The number of aliphatic hydroxyl groups is 1. The lowest BCUT2D eigenvalue weighted by molar-refractivity contribution is 0.0995. The third-order valence-corrected chi connectivity index (χ3v) is 1.93. The summed E-state index contributed by atoms with van der Waals surface area (Å²) in [6.45, 7) is 0.952. The predicted molar refractivity (Wildman–Crippen MR) is 57.6 cm³/mol. The highest BCUT2D eigenvalue weighted by Crippen LogP contribution is 2.07. The van der Waals surface area contributed by atoms with E-state index in [-0.39, 0.29) is 12.3 Å². The molecule has 1 aromatic heterocycles. The molecule has 0 radical (unpaired) electrons. The number of amides is 1. The van der Waals surface area contributed by atoms with Crippen LogP contribution in [-0.2, 0) is 0 Å². The van der Waals surface area contributed by atoms with Gasteiger partial charge in [0, 0.05) is 25.0 Å². The lowest BCUT2D eigenvalue weighted by Gasteiger charge is -2.05. The quantitative estimate of drug-likeness (QED) is 0.590. The van der Waals surface area contributed by atoms with Crippen LogP contribution in [-0.4, -0.2) is 29.1 Å². The number of nitrogens with two attached hydrogens (primary N) is 1. The van der Waals surface area contributed by atoms with Gasteiger partial charge in [-0.05, 0) is 25.0 Å². The van der Waals surface area contributed by atoms with Crippen molar-refractivity contribution < 1.29 is 9.90 Å². The molecule has 4 N–H and O–H groups in total. The standard InChI is InChI=1S/C10H15N3O2/c11-10(15)9-7-8(3-5-13-9)12-4-1-2-6-14/h3,5,7,14H,1-2,4,6H2,(H2,11,15)(H,12,13). The molecule has 1 aromatic rings. The van der Waals surface area contributed by atoms with Crippen molar-refractivity contribution in [1.82, 2.24) is 4.98 Å². The minimum absolute atomic E-state index is 0.199. The fourth-order valence-electron chi connectivity index (χ4n) is 1.14. The summed E-state index contributed by atoms with van der Waals surface area (Å²) in [4.78, 5) is 14.7. The second-order valence-corrected chi connectivity index (χ2v) is 3.15. The number of pyridine rings is 1. The number of carbonyl (C=O) groups excluding carboxylic acids is 1. The van der Waals surface area contributed by atoms with Crippen molar-refractivity contribution in [3.8, 4) is 0 Å². The number of unbranched alkanes of at least 4 members (excludes halogenated alkanes) is 1. The van der Waals surface area contributed by atoms with E-state index in [4.69, 9.17) is 10.8 Å². The SMILES string of the molecule is NC(=O)c1cc(NCCCCO)ccn1. The Hall–Kier alpha value is -1.62. The molecule has 0 bridgehead atoms. The molecule has 5 nitrogen and oxygen atoms in total. The summed E-state index contributed by atoms with van der Waals surface area (Å²) in [7, 11) is 0. The largest absolute Gasteiger partial charge is 0.396 e. The van der Waals surface area contributed by atoms with Gasteiger partial charge in [-0.3, -0.25) is 9.78 Å². The van der Waals surface area contributed by atoms with Gasteiger partial charge in [0.1, 0.15) is 5.69 Å². The van der Waals surface area contributed by atoms with E-state index in [2.05, 4.69) is 10.3 Å². The van der Waals surface area contributed by atoms with Crippen LogP contribution in [0, 0.1) is 0 Å². The molecule has 0 spiro atoms. The van der Waals surface area contributed by atoms with Crippen LogP contribution >= 0.6 is 0 Å². The molecule has 0 aliphatic carbocycles. The van der Waals surface area contributed by atoms with Gasteiger partial charge in [0.15, 0.2) is 0 Å². The predicted octanol–water partition coefficient (Wildman–Crippen LogP) is 0.365. The van der Waals surface area contributed by atoms with Crippen LogP contribution in [0.25, 0.3) is 0 Å². The van der Waals surface area contributed by atoms with Crippen LogP contribution in [0.5, 0.6) is 0 Å². The minimum Gasteiger partial charge on any atom is -0.396 e. The Balaban J connectivity index is 2.47. The topological polar surface area (TPSA) is 88.2 Å². The van der Waals surface area contributed by atoms with Crippen LogP contribution in [0.1, 0.15) is 23.3 Å². The molecule has 0 atom stereocenters. The second kappa shape index (κ2) is 5.98. The zero-order valence-electron chi connectivity index (χ0n) is 8.44. The fourth-order valence-corrected chi connectivity index (χ4v) is 1.14. The van der Waals surface area contributed by atoms with Gasteiger partial charge in [0.2, 0.25) is 0 Å². The molecule has 1 rings (SSSR count). The van der Waals surface area contributed by atoms with Crippen molar-refractivity contribution in [3.63, 3.8) is 0 Å². The fraction of sp³-hybridized carbons (Fsp3) is 0.400. The van der Waals surface area contributed by atoms with Gasteiger partial charge in [-0.25, -0.2) is 0 Å². The van der Waals surface area contributed by atoms with Crippen LogP contribution in [0.2, 0.25) is 0 Å². The van der Waals surface area contributed by atoms with Crippen LogP contribution in [0.15, 0.2) is 18.3 Å². The number of nitrogens with one attached hydrogen (secondary N) is 1. The van der Waals surface area contributed by atoms with Gasteiger partial charge < -0.3 is 16.2 Å². The van der Waals surface area contributed by atoms with Crippen molar-refractivity contribution in [1.29, 1.82) is 0 Å². The van der Waals surface area contributed by atoms with E-state index in [1.807, 2.05) is 0 Å². The summed E-state index contributed by atoms with van der Waals surface area (Å²) in [6, 6.07) is 3.38. The molecular weight excluding hydrogens is 194 g/mol. The Morgan fingerprint density at radius 2 is 2.33 bits per heavy atom. The molecule has 0 saturated heterocycles. The summed E-state index contributed by atoms with van der Waals surface area (Å²) < 4.78 is 0. The first kappa shape index (κ1) is 11.5. The highest BCUT2D eigenvalue weighted by atomic mass is 16.2. The minimum atomic E-state index is -0.533. The first-order chi connectivity index (χ1) is 7.24. The summed E-state index contributed by atoms with van der Waals surface area (Å²) in [6.07, 6.45) is 3.18. The molecule has 0 saturated carbocycles. The van der Waals surface area contributed by atoms with E-state index in [1.54, 1.807) is 12.1 Å². The maximum Gasteiger partial charge on any atom is 0.267 e. The third-order valence-electron chi connectivity index (χ3n) is 1.93. The Kier molecular flexibility index (Phi) is 4.56. The molecule has 0 aromatic carbocycles. The number of hydrogen-bond donors (Lipinski definition) is 3. The maximum absolute atomic E-state index is 10.8. The van der Waals surface area contributed by atoms with E-state index >= 15 is 0 Å². The van der Waals surface area contributed by atoms with Crippen molar-refractivity contribution in [2.24, 2.45) is 5.73 Å². The van der Waals surface area contributed by atoms with E-state index in [9.17, 15) is 4.79 Å². The van der Waals surface area contributed by atoms with Crippen LogP contribution in [0.3, 0.4) is 0 Å². The van der Waals surface area contributed by atoms with E-state index < -0.39 is 5.91 Å². The van der Waals surface area contributed by atoms with E-state index in [1.165, 1.54) is 6.20 Å². The smallest absolute Gasteiger partial charge is 0.267 e. The Morgan fingerprint density at radius 1 is 1.53 bits per heavy atom. The maximum atomic E-state index is 10.8. The summed E-state index contributed by atoms with van der Waals surface area (Å²) >= 11 is 0. The molecular formula is C10H15N3O2. The number of anilines is 1. The zero-order chi connectivity index (χ0) is 11.1. The zero-order valence-corrected chi connectivity index (χ0v) is 8.44. The molecule has 0 fully saturated rings. The van der Waals surface area contributed by atoms with Gasteiger partial charge >= 0.3 is 0 Å². The average Bonchev–Trinajstić information content (AvgIpc) is 2.25. The Morgan fingerprint density at radius 3 is 3.00 bits per heavy atom. The van der Waals surface area contributed by atoms with Crippen molar-refractivity contribution in [3.05, 3.63) is 24.0 Å². The molecule has 15 heavy (non-hydrogen) atoms. The number of primary amides is 1. The molecule has 5 heteroatoms. The first-order valence-electron chi connectivity index (χ1n) is 4.84. The van der Waals surface area contributed by atoms with E-state index in [0.29, 0.717) is 0 Å². The van der Waals surface area contributed by atoms with Gasteiger partial charge in [0.25, 0.3) is 5.91 Å². The summed E-state index contributed by atoms with van der Waals surface area (Å²) in [5, 5.41) is 11.7. The van der Waals surface area contributed by atoms with E-state index in [0.717, 1.165) is 25.1 Å². The molecule has 0 unspecified atom stereocenters. The lowest BCUT2D eigenvalue weighted by atomic mass is 10.3. The molecule has 1 amide bonds. The molecule has 0 aliphatic heterocycles. The summed E-state index contributed by atoms with van der Waals surface area (Å²) in [5.41, 5.74) is 6.17. The van der Waals surface area contributed by atoms with Crippen molar-refractivity contribution in [2.45, 2.75) is 12.8 Å². The van der Waals surface area contributed by atoms with Crippen LogP contribution in [0.4, 0.5) is 5.69 Å². The number of aliphatic hydroxyl groups excluding tert-OH is 1. The Labute approximate surface area is 88.3 Å².